The third kappa shape index (κ3) is 5.20. The van der Waals surface area contributed by atoms with Crippen molar-refractivity contribution >= 4 is 11.0 Å². The fourth-order valence-electron chi connectivity index (χ4n) is 2.32. The van der Waals surface area contributed by atoms with E-state index >= 15 is 0 Å². The Balaban J connectivity index is 0.000000593. The minimum absolute atomic E-state index is 0.448. The van der Waals surface area contributed by atoms with Gasteiger partial charge in [0, 0.05) is 6.07 Å². The van der Waals surface area contributed by atoms with E-state index in [0.29, 0.717) is 12.1 Å². The number of aromatic nitrogens is 2. The molecule has 0 spiro atoms. The van der Waals surface area contributed by atoms with Crippen molar-refractivity contribution in [1.82, 2.24) is 4.57 Å². The summed E-state index contributed by atoms with van der Waals surface area (Å²) in [5, 5.41) is 11.4. The van der Waals surface area contributed by atoms with E-state index in [9.17, 15) is 0 Å². The summed E-state index contributed by atoms with van der Waals surface area (Å²) in [6.45, 7) is 11.8. The van der Waals surface area contributed by atoms with Crippen LogP contribution in [-0.2, 0) is 9.93 Å². The molecule has 0 atom stereocenters. The van der Waals surface area contributed by atoms with Crippen molar-refractivity contribution in [3.8, 4) is 5.75 Å². The van der Waals surface area contributed by atoms with E-state index in [1.54, 1.807) is 0 Å². The average molecular weight is 324 g/mol. The van der Waals surface area contributed by atoms with Crippen molar-refractivity contribution in [3.05, 3.63) is 24.5 Å². The van der Waals surface area contributed by atoms with Crippen LogP contribution in [0.5, 0.6) is 5.75 Å². The van der Waals surface area contributed by atoms with Gasteiger partial charge in [-0.15, -0.1) is 0 Å². The van der Waals surface area contributed by atoms with E-state index in [1.165, 1.54) is 11.0 Å². The van der Waals surface area contributed by atoms with Gasteiger partial charge in [-0.3, -0.25) is 5.04 Å². The first-order valence-corrected chi connectivity index (χ1v) is 7.97. The molecule has 0 saturated carbocycles. The molecule has 6 heteroatoms. The molecule has 0 bridgehead atoms. The van der Waals surface area contributed by atoms with Gasteiger partial charge in [0.1, 0.15) is 5.75 Å². The van der Waals surface area contributed by atoms with E-state index in [-0.39, 0.29) is 0 Å². The molecule has 2 rings (SSSR count). The summed E-state index contributed by atoms with van der Waals surface area (Å²) in [5.41, 5.74) is 2.52. The second kappa shape index (κ2) is 9.50. The number of hydrogen-bond acceptors (Lipinski definition) is 4. The molecule has 2 aromatic rings. The second-order valence-electron chi connectivity index (χ2n) is 5.85. The fourth-order valence-corrected chi connectivity index (χ4v) is 2.32. The first kappa shape index (κ1) is 19.4. The monoisotopic (exact) mass is 324 g/mol. The summed E-state index contributed by atoms with van der Waals surface area (Å²) >= 11 is 0. The number of rotatable bonds is 6. The van der Waals surface area contributed by atoms with Gasteiger partial charge in [0.05, 0.1) is 25.8 Å². The van der Waals surface area contributed by atoms with Crippen LogP contribution in [0.1, 0.15) is 53.1 Å². The molecule has 0 amide bonds. The van der Waals surface area contributed by atoms with Crippen LogP contribution in [0, 0.1) is 0 Å². The number of ether oxygens (including phenoxy) is 1. The van der Waals surface area contributed by atoms with Crippen molar-refractivity contribution in [3.63, 3.8) is 0 Å². The Kier molecular flexibility index (Phi) is 8.02. The Morgan fingerprint density at radius 2 is 1.87 bits per heavy atom. The van der Waals surface area contributed by atoms with E-state index in [2.05, 4.69) is 78.2 Å². The minimum atomic E-state index is 0.448. The first-order chi connectivity index (χ1) is 11.0. The van der Waals surface area contributed by atoms with Gasteiger partial charge in [-0.1, -0.05) is 6.92 Å². The minimum Gasteiger partial charge on any atom is -0.692 e. The van der Waals surface area contributed by atoms with Crippen LogP contribution in [0.15, 0.2) is 24.5 Å². The summed E-state index contributed by atoms with van der Waals surface area (Å²) in [4.78, 5) is 3.49. The Labute approximate surface area is 138 Å². The van der Waals surface area contributed by atoms with Crippen LogP contribution in [0.2, 0.25) is 0 Å². The van der Waals surface area contributed by atoms with Gasteiger partial charge in [0.15, 0.2) is 11.0 Å². The van der Waals surface area contributed by atoms with Crippen LogP contribution < -0.4 is 14.6 Å². The van der Waals surface area contributed by atoms with Crippen LogP contribution in [0.3, 0.4) is 0 Å². The zero-order chi connectivity index (χ0) is 17.4. The third-order valence-electron chi connectivity index (χ3n) is 3.41. The van der Waals surface area contributed by atoms with Crippen LogP contribution in [-0.4, -0.2) is 18.3 Å². The zero-order valence-electron chi connectivity index (χ0n) is 14.9. The summed E-state index contributed by atoms with van der Waals surface area (Å²) in [6.07, 6.45) is 3.25. The molecule has 0 N–H and O–H groups in total. The van der Waals surface area contributed by atoms with E-state index in [4.69, 9.17) is 9.99 Å². The summed E-state index contributed by atoms with van der Waals surface area (Å²) in [7, 11) is 1.15. The second-order valence-corrected chi connectivity index (χ2v) is 5.85. The lowest BCUT2D eigenvalue weighted by Gasteiger charge is -2.05. The number of hydrogen-bond donors (Lipinski definition) is 0. The van der Waals surface area contributed by atoms with Crippen molar-refractivity contribution in [2.24, 2.45) is 0 Å². The molecule has 1 aromatic heterocycles. The maximum absolute atomic E-state index is 8.58. The number of nitrogens with zero attached hydrogens (tertiary/aromatic N) is 2. The Hall–Kier alpha value is -1.63. The van der Waals surface area contributed by atoms with E-state index in [0.717, 1.165) is 25.9 Å². The van der Waals surface area contributed by atoms with E-state index in [1.807, 2.05) is 0 Å². The maximum atomic E-state index is 8.58. The topological polar surface area (TPSA) is 59.6 Å². The average Bonchev–Trinajstić information content (AvgIpc) is 2.92. The molecule has 0 unspecified atom stereocenters. The highest BCUT2D eigenvalue weighted by atomic mass is 17.5. The molecule has 0 fully saturated rings. The molecule has 0 aliphatic heterocycles. The number of benzene rings is 1. The van der Waals surface area contributed by atoms with Gasteiger partial charge in [-0.05, 0) is 46.2 Å². The molecule has 23 heavy (non-hydrogen) atoms. The molecule has 130 valence electrons. The molecule has 6 nitrogen and oxygen atoms in total. The van der Waals surface area contributed by atoms with E-state index < -0.39 is 0 Å². The van der Waals surface area contributed by atoms with Crippen molar-refractivity contribution < 1.29 is 24.5 Å². The van der Waals surface area contributed by atoms with Crippen LogP contribution >= 0.6 is 0 Å². The quantitative estimate of drug-likeness (QED) is 0.466. The summed E-state index contributed by atoms with van der Waals surface area (Å²) in [5.74, 6) is 0.963. The van der Waals surface area contributed by atoms with Crippen molar-refractivity contribution in [2.45, 2.75) is 53.1 Å². The van der Waals surface area contributed by atoms with Gasteiger partial charge in [0.25, 0.3) is 0 Å². The Morgan fingerprint density at radius 3 is 2.35 bits per heavy atom. The molecule has 0 aliphatic carbocycles. The third-order valence-corrected chi connectivity index (χ3v) is 3.41. The van der Waals surface area contributed by atoms with Gasteiger partial charge in [-0.2, -0.15) is 0 Å². The summed E-state index contributed by atoms with van der Waals surface area (Å²) < 4.78 is 10.4. The Morgan fingerprint density at radius 1 is 1.22 bits per heavy atom. The molecular formula is C17H28N2O4. The highest BCUT2D eigenvalue weighted by Crippen LogP contribution is 2.23. The van der Waals surface area contributed by atoms with Crippen molar-refractivity contribution in [1.29, 1.82) is 0 Å². The lowest BCUT2D eigenvalue weighted by atomic mass is 10.2. The first-order valence-electron chi connectivity index (χ1n) is 7.97. The lowest BCUT2D eigenvalue weighted by molar-refractivity contribution is -0.796. The molecule has 0 radical (unpaired) electrons. The van der Waals surface area contributed by atoms with Gasteiger partial charge < -0.3 is 9.99 Å². The number of fused-ring (bicyclic) bond motifs is 1. The highest BCUT2D eigenvalue weighted by Gasteiger charge is 2.20. The van der Waals surface area contributed by atoms with Crippen LogP contribution in [0.4, 0.5) is 0 Å². The fraction of sp³-hybridized carbons (Fsp3) is 0.588. The van der Waals surface area contributed by atoms with Gasteiger partial charge >= 0.3 is 0 Å². The molecule has 1 aromatic carbocycles. The summed E-state index contributed by atoms with van der Waals surface area (Å²) in [6, 6.07) is 7.30. The Bertz CT molecular complexity index is 592. The van der Waals surface area contributed by atoms with Crippen molar-refractivity contribution in [2.75, 3.05) is 13.7 Å². The smallest absolute Gasteiger partial charge is 0.245 e. The number of imidazole rings is 1. The predicted molar refractivity (Wildman–Crippen MR) is 86.8 cm³/mol. The molecule has 0 aliphatic rings. The lowest BCUT2D eigenvalue weighted by Crippen LogP contribution is -2.34. The SMILES string of the molecule is CCCOc1ccc2c(c1)n(C(C)C)c[n+]2C(C)C.COO[O-]. The maximum Gasteiger partial charge on any atom is 0.245 e. The largest absolute Gasteiger partial charge is 0.692 e. The predicted octanol–water partition coefficient (Wildman–Crippen LogP) is 2.72. The van der Waals surface area contributed by atoms with Crippen LogP contribution in [0.25, 0.3) is 11.0 Å². The standard InChI is InChI=1S/C16H25N2O.CH4O3/c1-6-9-19-14-7-8-15-16(10-14)18(13(4)5)11-17(15)12(2)3;1-3-4-2/h7-8,10-13H,6,9H2,1-5H3;2H,1H3/q+1;/p-1. The normalized spacial score (nSPS) is 11.0. The molecule has 1 heterocycles. The molecular weight excluding hydrogens is 296 g/mol. The van der Waals surface area contributed by atoms with Gasteiger partial charge in [-0.25, -0.2) is 14.0 Å². The molecule has 0 saturated heterocycles. The highest BCUT2D eigenvalue weighted by molar-refractivity contribution is 5.74. The van der Waals surface area contributed by atoms with Gasteiger partial charge in [0.2, 0.25) is 6.33 Å². The zero-order valence-corrected chi connectivity index (χ0v) is 14.9.